The maximum Gasteiger partial charge on any atom is 0.150 e. The highest BCUT2D eigenvalue weighted by atomic mass is 14.4. The maximum absolute atomic E-state index is 8.98. The van der Waals surface area contributed by atoms with E-state index in [1.165, 1.54) is 0 Å². The van der Waals surface area contributed by atoms with Crippen LogP contribution in [0.25, 0.3) is 0 Å². The van der Waals surface area contributed by atoms with Crippen molar-refractivity contribution in [2.75, 3.05) is 0 Å². The standard InChI is InChI=1S/C13H14N2/c1-3-5-7-9-13(11-14,12-15)10-8-6-4-2/h3-8H,1-2,9-10H2/b7-5+,8-6+. The molecule has 0 N–H and O–H groups in total. The number of hydrogen-bond acceptors (Lipinski definition) is 2. The van der Waals surface area contributed by atoms with Gasteiger partial charge in [0.1, 0.15) is 0 Å². The third-order valence-electron chi connectivity index (χ3n) is 1.90. The highest BCUT2D eigenvalue weighted by molar-refractivity contribution is 5.20. The van der Waals surface area contributed by atoms with Crippen molar-refractivity contribution in [1.82, 2.24) is 0 Å². The minimum atomic E-state index is -0.973. The van der Waals surface area contributed by atoms with Gasteiger partial charge in [0, 0.05) is 0 Å². The fourth-order valence-corrected chi connectivity index (χ4v) is 1.02. The van der Waals surface area contributed by atoms with Crippen LogP contribution in [0.3, 0.4) is 0 Å². The predicted molar refractivity (Wildman–Crippen MR) is 61.6 cm³/mol. The van der Waals surface area contributed by atoms with Crippen LogP contribution >= 0.6 is 0 Å². The molecule has 0 fully saturated rings. The van der Waals surface area contributed by atoms with Gasteiger partial charge < -0.3 is 0 Å². The molecule has 0 unspecified atom stereocenters. The van der Waals surface area contributed by atoms with Crippen molar-refractivity contribution in [3.8, 4) is 12.1 Å². The Balaban J connectivity index is 4.60. The first-order valence-corrected chi connectivity index (χ1v) is 4.62. The van der Waals surface area contributed by atoms with E-state index in [1.54, 1.807) is 36.5 Å². The van der Waals surface area contributed by atoms with Crippen LogP contribution in [0, 0.1) is 28.1 Å². The van der Waals surface area contributed by atoms with Gasteiger partial charge in [-0.2, -0.15) is 10.5 Å². The third-order valence-corrected chi connectivity index (χ3v) is 1.90. The average molecular weight is 198 g/mol. The average Bonchev–Trinajstić information content (AvgIpc) is 2.28. The Bertz CT molecular complexity index is 312. The molecule has 0 rings (SSSR count). The number of allylic oxidation sites excluding steroid dienone is 6. The van der Waals surface area contributed by atoms with Gasteiger partial charge in [-0.25, -0.2) is 0 Å². The van der Waals surface area contributed by atoms with E-state index in [0.717, 1.165) is 0 Å². The zero-order valence-corrected chi connectivity index (χ0v) is 8.69. The molecular formula is C13H14N2. The maximum atomic E-state index is 8.98. The molecule has 0 saturated carbocycles. The van der Waals surface area contributed by atoms with E-state index in [9.17, 15) is 0 Å². The Hall–Kier alpha value is -2.06. The lowest BCUT2D eigenvalue weighted by Gasteiger charge is -2.13. The van der Waals surface area contributed by atoms with Crippen molar-refractivity contribution in [2.24, 2.45) is 5.41 Å². The summed E-state index contributed by atoms with van der Waals surface area (Å²) in [6, 6.07) is 4.10. The molecule has 0 aliphatic heterocycles. The van der Waals surface area contributed by atoms with Crippen LogP contribution in [0.4, 0.5) is 0 Å². The van der Waals surface area contributed by atoms with Crippen LogP contribution in [-0.4, -0.2) is 0 Å². The summed E-state index contributed by atoms with van der Waals surface area (Å²) in [4.78, 5) is 0. The van der Waals surface area contributed by atoms with Crippen LogP contribution in [0.5, 0.6) is 0 Å². The van der Waals surface area contributed by atoms with E-state index in [1.807, 2.05) is 0 Å². The van der Waals surface area contributed by atoms with Crippen molar-refractivity contribution >= 4 is 0 Å². The zero-order chi connectivity index (χ0) is 11.6. The van der Waals surface area contributed by atoms with E-state index in [0.29, 0.717) is 12.8 Å². The van der Waals surface area contributed by atoms with E-state index >= 15 is 0 Å². The van der Waals surface area contributed by atoms with Gasteiger partial charge in [0.25, 0.3) is 0 Å². The smallest absolute Gasteiger partial charge is 0.150 e. The van der Waals surface area contributed by atoms with Crippen molar-refractivity contribution in [3.63, 3.8) is 0 Å². The van der Waals surface area contributed by atoms with E-state index in [4.69, 9.17) is 10.5 Å². The van der Waals surface area contributed by atoms with Crippen LogP contribution in [0.2, 0.25) is 0 Å². The molecule has 0 spiro atoms. The Labute approximate surface area is 91.1 Å². The summed E-state index contributed by atoms with van der Waals surface area (Å²) in [5.74, 6) is 0. The van der Waals surface area contributed by atoms with E-state index < -0.39 is 5.41 Å². The lowest BCUT2D eigenvalue weighted by atomic mass is 9.84. The van der Waals surface area contributed by atoms with Gasteiger partial charge in [-0.3, -0.25) is 0 Å². The molecule has 0 heterocycles. The lowest BCUT2D eigenvalue weighted by molar-refractivity contribution is 0.538. The van der Waals surface area contributed by atoms with Crippen LogP contribution in [0.15, 0.2) is 49.6 Å². The van der Waals surface area contributed by atoms with Gasteiger partial charge in [0.05, 0.1) is 12.1 Å². The largest absolute Gasteiger partial charge is 0.197 e. The predicted octanol–water partition coefficient (Wildman–Crippen LogP) is 3.28. The molecule has 0 bridgehead atoms. The number of hydrogen-bond donors (Lipinski definition) is 0. The highest BCUT2D eigenvalue weighted by Crippen LogP contribution is 2.26. The molecule has 0 aromatic heterocycles. The molecule has 2 nitrogen and oxygen atoms in total. The molecule has 0 saturated heterocycles. The van der Waals surface area contributed by atoms with Gasteiger partial charge in [-0.1, -0.05) is 49.6 Å². The summed E-state index contributed by atoms with van der Waals surface area (Å²) >= 11 is 0. The summed E-state index contributed by atoms with van der Waals surface area (Å²) in [5, 5.41) is 18.0. The Morgan fingerprint density at radius 2 is 1.33 bits per heavy atom. The molecule has 76 valence electrons. The quantitative estimate of drug-likeness (QED) is 0.615. The van der Waals surface area contributed by atoms with Crippen molar-refractivity contribution in [1.29, 1.82) is 10.5 Å². The minimum absolute atomic E-state index is 0.410. The second kappa shape index (κ2) is 7.35. The molecule has 15 heavy (non-hydrogen) atoms. The molecule has 0 aromatic carbocycles. The van der Waals surface area contributed by atoms with Gasteiger partial charge >= 0.3 is 0 Å². The number of rotatable bonds is 6. The van der Waals surface area contributed by atoms with Gasteiger partial charge in [-0.15, -0.1) is 0 Å². The highest BCUT2D eigenvalue weighted by Gasteiger charge is 2.26. The third kappa shape index (κ3) is 4.64. The molecule has 0 aliphatic rings. The summed E-state index contributed by atoms with van der Waals surface area (Å²) in [5.41, 5.74) is -0.973. The Morgan fingerprint density at radius 3 is 1.60 bits per heavy atom. The minimum Gasteiger partial charge on any atom is -0.197 e. The van der Waals surface area contributed by atoms with Gasteiger partial charge in [0.15, 0.2) is 5.41 Å². The Morgan fingerprint density at radius 1 is 0.933 bits per heavy atom. The normalized spacial score (nSPS) is 11.1. The molecule has 0 amide bonds. The zero-order valence-electron chi connectivity index (χ0n) is 8.69. The SMILES string of the molecule is C=C/C=C/CC(C#N)(C#N)C/C=C/C=C. The number of nitriles is 2. The summed E-state index contributed by atoms with van der Waals surface area (Å²) in [7, 11) is 0. The number of nitrogens with zero attached hydrogens (tertiary/aromatic N) is 2. The monoisotopic (exact) mass is 198 g/mol. The molecular weight excluding hydrogens is 184 g/mol. The van der Waals surface area contributed by atoms with Crippen LogP contribution < -0.4 is 0 Å². The molecule has 0 aromatic rings. The fourth-order valence-electron chi connectivity index (χ4n) is 1.02. The molecule has 0 aliphatic carbocycles. The topological polar surface area (TPSA) is 47.6 Å². The first-order valence-electron chi connectivity index (χ1n) is 4.62. The van der Waals surface area contributed by atoms with Crippen LogP contribution in [0.1, 0.15) is 12.8 Å². The van der Waals surface area contributed by atoms with Crippen molar-refractivity contribution in [3.05, 3.63) is 49.6 Å². The first-order chi connectivity index (χ1) is 7.24. The summed E-state index contributed by atoms with van der Waals surface area (Å²) in [6.07, 6.45) is 11.1. The Kier molecular flexibility index (Phi) is 6.34. The fraction of sp³-hybridized carbons (Fsp3) is 0.231. The van der Waals surface area contributed by atoms with E-state index in [2.05, 4.69) is 25.3 Å². The second-order valence-corrected chi connectivity index (χ2v) is 3.04. The van der Waals surface area contributed by atoms with Gasteiger partial charge in [-0.05, 0) is 12.8 Å². The lowest BCUT2D eigenvalue weighted by Crippen LogP contribution is -2.13. The van der Waals surface area contributed by atoms with E-state index in [-0.39, 0.29) is 0 Å². The van der Waals surface area contributed by atoms with Crippen molar-refractivity contribution in [2.45, 2.75) is 12.8 Å². The molecule has 0 radical (unpaired) electrons. The first kappa shape index (κ1) is 12.9. The molecule has 0 atom stereocenters. The van der Waals surface area contributed by atoms with Crippen molar-refractivity contribution < 1.29 is 0 Å². The summed E-state index contributed by atoms with van der Waals surface area (Å²) in [6.45, 7) is 7.05. The van der Waals surface area contributed by atoms with Gasteiger partial charge in [0.2, 0.25) is 0 Å². The summed E-state index contributed by atoms with van der Waals surface area (Å²) < 4.78 is 0. The second-order valence-electron chi connectivity index (χ2n) is 3.04. The molecule has 2 heteroatoms. The van der Waals surface area contributed by atoms with Crippen LogP contribution in [-0.2, 0) is 0 Å².